The fourth-order valence-corrected chi connectivity index (χ4v) is 3.18. The van der Waals surface area contributed by atoms with Crippen LogP contribution in [-0.4, -0.2) is 38.4 Å². The van der Waals surface area contributed by atoms with Gasteiger partial charge in [-0.15, -0.1) is 0 Å². The second kappa shape index (κ2) is 8.20. The normalized spacial score (nSPS) is 11.5. The lowest BCUT2D eigenvalue weighted by molar-refractivity contribution is 0.0955. The summed E-state index contributed by atoms with van der Waals surface area (Å²) in [4.78, 5) is 22.2. The lowest BCUT2D eigenvalue weighted by atomic mass is 10.2. The van der Waals surface area contributed by atoms with Crippen LogP contribution < -0.4 is 11.1 Å². The zero-order valence-electron chi connectivity index (χ0n) is 16.5. The molecule has 2 heterocycles. The highest BCUT2D eigenvalue weighted by Gasteiger charge is 2.23. The van der Waals surface area contributed by atoms with Crippen LogP contribution in [0.2, 0.25) is 0 Å². The van der Waals surface area contributed by atoms with Gasteiger partial charge in [-0.05, 0) is 36.2 Å². The number of hydrogen-bond acceptors (Lipinski definition) is 6. The van der Waals surface area contributed by atoms with Gasteiger partial charge in [-0.1, -0.05) is 37.6 Å². The van der Waals surface area contributed by atoms with Crippen LogP contribution in [0.5, 0.6) is 5.75 Å². The number of para-hydroxylation sites is 2. The molecule has 152 valence electrons. The fourth-order valence-electron chi connectivity index (χ4n) is 3.18. The third-order valence-electron chi connectivity index (χ3n) is 4.71. The summed E-state index contributed by atoms with van der Waals surface area (Å²) in [6.07, 6.45) is 3.38. The fraction of sp³-hybridized carbons (Fsp3) is 0.182. The van der Waals surface area contributed by atoms with Gasteiger partial charge in [0.15, 0.2) is 5.65 Å². The van der Waals surface area contributed by atoms with Crippen LogP contribution in [0.15, 0.2) is 53.6 Å². The van der Waals surface area contributed by atoms with E-state index in [1.54, 1.807) is 30.5 Å². The lowest BCUT2D eigenvalue weighted by Gasteiger charge is -2.04. The molecule has 2 aromatic heterocycles. The van der Waals surface area contributed by atoms with Gasteiger partial charge in [0.2, 0.25) is 0 Å². The van der Waals surface area contributed by atoms with E-state index < -0.39 is 0 Å². The zero-order chi connectivity index (χ0) is 21.1. The SMILES string of the molecule is CCCCNC(=O)c1c(N)n(/N=C/c2cccc(O)c2)c2nc3ccccc3nc12. The van der Waals surface area contributed by atoms with E-state index in [0.29, 0.717) is 34.3 Å². The molecule has 0 radical (unpaired) electrons. The van der Waals surface area contributed by atoms with Crippen molar-refractivity contribution in [1.82, 2.24) is 20.0 Å². The number of hydrogen-bond donors (Lipinski definition) is 3. The predicted molar refractivity (Wildman–Crippen MR) is 118 cm³/mol. The highest BCUT2D eigenvalue weighted by atomic mass is 16.3. The Labute approximate surface area is 173 Å². The summed E-state index contributed by atoms with van der Waals surface area (Å²) in [5, 5.41) is 17.0. The molecule has 0 aliphatic rings. The van der Waals surface area contributed by atoms with Crippen LogP contribution in [0.25, 0.3) is 22.2 Å². The third kappa shape index (κ3) is 3.67. The van der Waals surface area contributed by atoms with Gasteiger partial charge in [-0.2, -0.15) is 9.78 Å². The topological polar surface area (TPSA) is 118 Å². The maximum Gasteiger partial charge on any atom is 0.257 e. The maximum absolute atomic E-state index is 12.9. The van der Waals surface area contributed by atoms with Crippen LogP contribution in [0.3, 0.4) is 0 Å². The Morgan fingerprint density at radius 3 is 2.70 bits per heavy atom. The molecular formula is C22H22N6O2. The highest BCUT2D eigenvalue weighted by Crippen LogP contribution is 2.27. The molecule has 8 heteroatoms. The van der Waals surface area contributed by atoms with Gasteiger partial charge in [0.05, 0.1) is 17.2 Å². The first-order chi connectivity index (χ1) is 14.6. The van der Waals surface area contributed by atoms with Crippen LogP contribution in [-0.2, 0) is 0 Å². The number of anilines is 1. The van der Waals surface area contributed by atoms with Crippen molar-refractivity contribution in [2.75, 3.05) is 12.3 Å². The highest BCUT2D eigenvalue weighted by molar-refractivity contribution is 6.10. The largest absolute Gasteiger partial charge is 0.508 e. The van der Waals surface area contributed by atoms with Crippen molar-refractivity contribution in [2.45, 2.75) is 19.8 Å². The van der Waals surface area contributed by atoms with Crippen molar-refractivity contribution in [3.05, 3.63) is 59.7 Å². The number of nitrogens with two attached hydrogens (primary N) is 1. The van der Waals surface area contributed by atoms with E-state index in [1.807, 2.05) is 24.3 Å². The van der Waals surface area contributed by atoms with E-state index in [1.165, 1.54) is 4.68 Å². The van der Waals surface area contributed by atoms with Gasteiger partial charge in [0, 0.05) is 6.54 Å². The number of benzene rings is 2. The van der Waals surface area contributed by atoms with Gasteiger partial charge < -0.3 is 16.2 Å². The van der Waals surface area contributed by atoms with Crippen molar-refractivity contribution in [2.24, 2.45) is 5.10 Å². The summed E-state index contributed by atoms with van der Waals surface area (Å²) < 4.78 is 1.41. The predicted octanol–water partition coefficient (Wildman–Crippen LogP) is 3.28. The summed E-state index contributed by atoms with van der Waals surface area (Å²) in [5.41, 5.74) is 9.41. The van der Waals surface area contributed by atoms with Gasteiger partial charge in [0.25, 0.3) is 5.91 Å². The quantitative estimate of drug-likeness (QED) is 0.338. The Morgan fingerprint density at radius 2 is 1.97 bits per heavy atom. The first-order valence-electron chi connectivity index (χ1n) is 9.76. The van der Waals surface area contributed by atoms with Gasteiger partial charge in [-0.25, -0.2) is 9.97 Å². The molecule has 4 N–H and O–H groups in total. The lowest BCUT2D eigenvalue weighted by Crippen LogP contribution is -2.25. The van der Waals surface area contributed by atoms with E-state index in [2.05, 4.69) is 27.3 Å². The molecule has 2 aromatic carbocycles. The van der Waals surface area contributed by atoms with Crippen LogP contribution in [0.1, 0.15) is 35.7 Å². The molecule has 0 fully saturated rings. The standard InChI is InChI=1S/C22H22N6O2/c1-2-3-11-24-22(30)18-19-21(27-17-10-5-4-9-16(17)26-19)28(20(18)23)25-13-14-7-6-8-15(29)12-14/h4-10,12-13,29H,2-3,11,23H2,1H3,(H,24,30)/b25-13+. The molecule has 0 bridgehead atoms. The van der Waals surface area contributed by atoms with Crippen molar-refractivity contribution in [3.63, 3.8) is 0 Å². The summed E-state index contributed by atoms with van der Waals surface area (Å²) in [6.45, 7) is 2.61. The Balaban J connectivity index is 1.86. The van der Waals surface area contributed by atoms with Crippen molar-refractivity contribution in [3.8, 4) is 5.75 Å². The van der Waals surface area contributed by atoms with Crippen molar-refractivity contribution < 1.29 is 9.90 Å². The number of phenolic OH excluding ortho intramolecular Hbond substituents is 1. The Bertz CT molecular complexity index is 1260. The third-order valence-corrected chi connectivity index (χ3v) is 4.71. The van der Waals surface area contributed by atoms with Crippen LogP contribution in [0, 0.1) is 0 Å². The molecule has 0 aliphatic heterocycles. The first-order valence-corrected chi connectivity index (χ1v) is 9.76. The molecule has 8 nitrogen and oxygen atoms in total. The number of carbonyl (C=O) groups is 1. The number of amides is 1. The number of fused-ring (bicyclic) bond motifs is 2. The molecule has 4 aromatic rings. The minimum atomic E-state index is -0.304. The number of nitrogens with one attached hydrogen (secondary N) is 1. The second-order valence-corrected chi connectivity index (χ2v) is 6.91. The van der Waals surface area contributed by atoms with E-state index in [9.17, 15) is 9.90 Å². The van der Waals surface area contributed by atoms with E-state index in [-0.39, 0.29) is 23.0 Å². The number of unbranched alkanes of at least 4 members (excludes halogenated alkanes) is 1. The van der Waals surface area contributed by atoms with Gasteiger partial charge >= 0.3 is 0 Å². The Morgan fingerprint density at radius 1 is 1.20 bits per heavy atom. The zero-order valence-corrected chi connectivity index (χ0v) is 16.5. The Hall–Kier alpha value is -3.94. The minimum Gasteiger partial charge on any atom is -0.508 e. The van der Waals surface area contributed by atoms with Gasteiger partial charge in [0.1, 0.15) is 22.6 Å². The smallest absolute Gasteiger partial charge is 0.257 e. The van der Waals surface area contributed by atoms with Crippen molar-refractivity contribution in [1.29, 1.82) is 0 Å². The molecule has 30 heavy (non-hydrogen) atoms. The number of nitrogens with zero attached hydrogens (tertiary/aromatic N) is 4. The average Bonchev–Trinajstić information content (AvgIpc) is 3.01. The van der Waals surface area contributed by atoms with Crippen LogP contribution >= 0.6 is 0 Å². The number of aromatic hydroxyl groups is 1. The molecule has 0 spiro atoms. The molecule has 1 amide bonds. The molecular weight excluding hydrogens is 380 g/mol. The number of carbonyl (C=O) groups excluding carboxylic acids is 1. The second-order valence-electron chi connectivity index (χ2n) is 6.91. The summed E-state index contributed by atoms with van der Waals surface area (Å²) >= 11 is 0. The molecule has 0 saturated heterocycles. The molecule has 0 aliphatic carbocycles. The summed E-state index contributed by atoms with van der Waals surface area (Å²) in [7, 11) is 0. The van der Waals surface area contributed by atoms with Gasteiger partial charge in [-0.3, -0.25) is 4.79 Å². The van der Waals surface area contributed by atoms with E-state index in [0.717, 1.165) is 12.8 Å². The van der Waals surface area contributed by atoms with E-state index >= 15 is 0 Å². The maximum atomic E-state index is 12.9. The first kappa shape index (κ1) is 19.4. The molecule has 0 unspecified atom stereocenters. The minimum absolute atomic E-state index is 0.131. The van der Waals surface area contributed by atoms with E-state index in [4.69, 9.17) is 5.73 Å². The summed E-state index contributed by atoms with van der Waals surface area (Å²) in [5.74, 6) is -0.0152. The molecule has 4 rings (SSSR count). The molecule has 0 saturated carbocycles. The number of rotatable bonds is 6. The number of phenols is 1. The van der Waals surface area contributed by atoms with Crippen LogP contribution in [0.4, 0.5) is 5.82 Å². The monoisotopic (exact) mass is 402 g/mol. The molecule has 0 atom stereocenters. The summed E-state index contributed by atoms with van der Waals surface area (Å²) in [6, 6.07) is 14.1. The van der Waals surface area contributed by atoms with Crippen molar-refractivity contribution >= 4 is 40.1 Å². The number of aromatic nitrogens is 3. The number of nitrogen functional groups attached to an aromatic ring is 1. The average molecular weight is 402 g/mol. The Kier molecular flexibility index (Phi) is 5.30.